The first kappa shape index (κ1) is 23.9. The fourth-order valence-corrected chi connectivity index (χ4v) is 4.66. The summed E-state index contributed by atoms with van der Waals surface area (Å²) in [6.45, 7) is 16.9. The van der Waals surface area contributed by atoms with Gasteiger partial charge in [0.05, 0.1) is 0 Å². The molecule has 2 aromatic rings. The number of nitrogens with zero attached hydrogens (tertiary/aromatic N) is 1. The predicted molar refractivity (Wildman–Crippen MR) is 135 cm³/mol. The van der Waals surface area contributed by atoms with Gasteiger partial charge in [0.2, 0.25) is 0 Å². The van der Waals surface area contributed by atoms with E-state index in [9.17, 15) is 0 Å². The molecule has 0 atom stereocenters. The first-order chi connectivity index (χ1) is 13.7. The zero-order valence-corrected chi connectivity index (χ0v) is 21.0. The van der Waals surface area contributed by atoms with Gasteiger partial charge in [-0.15, -0.1) is 11.3 Å². The topological polar surface area (TPSA) is 12.5 Å². The zero-order chi connectivity index (χ0) is 21.3. The van der Waals surface area contributed by atoms with Crippen molar-refractivity contribution in [3.63, 3.8) is 0 Å². The third-order valence-electron chi connectivity index (χ3n) is 5.96. The van der Waals surface area contributed by atoms with E-state index in [2.05, 4.69) is 99.6 Å². The number of unbranched alkanes of at least 4 members (excludes halogenated alkanes) is 2. The van der Waals surface area contributed by atoms with Crippen LogP contribution in [0.2, 0.25) is 18.1 Å². The maximum Gasteiger partial charge on any atom is 0.191 e. The second-order valence-corrected chi connectivity index (χ2v) is 15.0. The Bertz CT molecular complexity index is 729. The summed E-state index contributed by atoms with van der Waals surface area (Å²) >= 11 is 1.77. The molecule has 0 aliphatic rings. The van der Waals surface area contributed by atoms with Crippen LogP contribution in [0.3, 0.4) is 0 Å². The van der Waals surface area contributed by atoms with Crippen molar-refractivity contribution in [3.8, 4) is 0 Å². The van der Waals surface area contributed by atoms with Crippen LogP contribution >= 0.6 is 11.3 Å². The highest BCUT2D eigenvalue weighted by atomic mass is 32.1. The highest BCUT2D eigenvalue weighted by Gasteiger charge is 2.36. The van der Waals surface area contributed by atoms with Gasteiger partial charge in [-0.1, -0.05) is 45.0 Å². The lowest BCUT2D eigenvalue weighted by Crippen LogP contribution is -2.40. The lowest BCUT2D eigenvalue weighted by atomic mass is 10.1. The van der Waals surface area contributed by atoms with Crippen molar-refractivity contribution in [2.45, 2.75) is 65.1 Å². The lowest BCUT2D eigenvalue weighted by Gasteiger charge is -2.36. The van der Waals surface area contributed by atoms with E-state index < -0.39 is 8.32 Å². The van der Waals surface area contributed by atoms with Crippen molar-refractivity contribution in [3.05, 3.63) is 52.2 Å². The van der Waals surface area contributed by atoms with Crippen molar-refractivity contribution < 1.29 is 4.43 Å². The van der Waals surface area contributed by atoms with Gasteiger partial charge in [-0.3, -0.25) is 0 Å². The Balaban J connectivity index is 1.74. The molecule has 160 valence electrons. The first-order valence-electron chi connectivity index (χ1n) is 10.9. The molecule has 0 aliphatic carbocycles. The minimum Gasteiger partial charge on any atom is -0.417 e. The Hall–Kier alpha value is -1.36. The molecular weight excluding hydrogens is 390 g/mol. The van der Waals surface area contributed by atoms with Gasteiger partial charge < -0.3 is 9.33 Å². The molecule has 1 aromatic heterocycles. The maximum absolute atomic E-state index is 6.29. The Morgan fingerprint density at radius 3 is 2.31 bits per heavy atom. The normalized spacial score (nSPS) is 12.6. The smallest absolute Gasteiger partial charge is 0.191 e. The molecule has 0 spiro atoms. The Morgan fingerprint density at radius 1 is 1.00 bits per heavy atom. The van der Waals surface area contributed by atoms with Crippen LogP contribution in [0, 0.1) is 0 Å². The van der Waals surface area contributed by atoms with Crippen LogP contribution in [0.15, 0.2) is 41.8 Å². The third-order valence-corrected chi connectivity index (χ3v) is 11.3. The molecule has 2 rings (SSSR count). The van der Waals surface area contributed by atoms with Crippen LogP contribution in [0.4, 0.5) is 5.69 Å². The van der Waals surface area contributed by atoms with Crippen molar-refractivity contribution in [1.29, 1.82) is 0 Å². The van der Waals surface area contributed by atoms with E-state index in [4.69, 9.17) is 4.43 Å². The van der Waals surface area contributed by atoms with Gasteiger partial charge in [0, 0.05) is 30.3 Å². The molecule has 29 heavy (non-hydrogen) atoms. The summed E-state index contributed by atoms with van der Waals surface area (Å²) in [6, 6.07) is 13.2. The summed E-state index contributed by atoms with van der Waals surface area (Å²) in [5, 5.41) is 2.42. The van der Waals surface area contributed by atoms with Crippen LogP contribution in [-0.4, -0.2) is 28.0 Å². The molecular formula is C25H39NOSSi. The van der Waals surface area contributed by atoms with E-state index in [1.54, 1.807) is 11.3 Å². The van der Waals surface area contributed by atoms with Crippen molar-refractivity contribution in [2.24, 2.45) is 0 Å². The molecule has 0 amide bonds. The molecule has 0 aliphatic heterocycles. The van der Waals surface area contributed by atoms with E-state index >= 15 is 0 Å². The average molecular weight is 430 g/mol. The van der Waals surface area contributed by atoms with E-state index in [-0.39, 0.29) is 0 Å². The fourth-order valence-electron chi connectivity index (χ4n) is 2.96. The monoisotopic (exact) mass is 429 g/mol. The number of hydrogen-bond donors (Lipinski definition) is 0. The molecule has 0 unspecified atom stereocenters. The molecule has 0 saturated carbocycles. The maximum atomic E-state index is 6.29. The van der Waals surface area contributed by atoms with Crippen molar-refractivity contribution in [2.75, 3.05) is 24.6 Å². The van der Waals surface area contributed by atoms with Gasteiger partial charge in [0.1, 0.15) is 0 Å². The standard InChI is InChI=1S/C25H39NOSSi/c1-7-26(19-9-8-10-20-27-29(5,6)25(2,3)4)23-16-13-22(14-17-23)15-18-24-12-11-21-28-24/h11-18,21H,7-10,19-20H2,1-6H3/b18-15+. The zero-order valence-electron chi connectivity index (χ0n) is 19.2. The third kappa shape index (κ3) is 7.76. The number of rotatable bonds is 11. The summed E-state index contributed by atoms with van der Waals surface area (Å²) in [5.74, 6) is 0. The molecule has 0 saturated heterocycles. The first-order valence-corrected chi connectivity index (χ1v) is 14.7. The number of anilines is 1. The molecule has 4 heteroatoms. The molecule has 0 radical (unpaired) electrons. The summed E-state index contributed by atoms with van der Waals surface area (Å²) in [5.41, 5.74) is 2.57. The Morgan fingerprint density at radius 2 is 1.72 bits per heavy atom. The molecule has 1 heterocycles. The highest BCUT2D eigenvalue weighted by Crippen LogP contribution is 2.36. The Labute approximate surface area is 183 Å². The van der Waals surface area contributed by atoms with E-state index in [0.717, 1.165) is 26.1 Å². The molecule has 1 aromatic carbocycles. The molecule has 0 fully saturated rings. The average Bonchev–Trinajstić information content (AvgIpc) is 3.19. The second-order valence-electron chi connectivity index (χ2n) is 9.19. The van der Waals surface area contributed by atoms with E-state index in [1.165, 1.54) is 29.0 Å². The summed E-state index contributed by atoms with van der Waals surface area (Å²) in [7, 11) is -1.59. The highest BCUT2D eigenvalue weighted by molar-refractivity contribution is 7.10. The van der Waals surface area contributed by atoms with Crippen LogP contribution in [0.1, 0.15) is 57.4 Å². The van der Waals surface area contributed by atoms with Gasteiger partial charge in [0.25, 0.3) is 0 Å². The summed E-state index contributed by atoms with van der Waals surface area (Å²) in [4.78, 5) is 3.77. The van der Waals surface area contributed by atoms with Gasteiger partial charge >= 0.3 is 0 Å². The van der Waals surface area contributed by atoms with Gasteiger partial charge in [-0.2, -0.15) is 0 Å². The van der Waals surface area contributed by atoms with E-state index in [0.29, 0.717) is 5.04 Å². The largest absolute Gasteiger partial charge is 0.417 e. The van der Waals surface area contributed by atoms with E-state index in [1.807, 2.05) is 0 Å². The van der Waals surface area contributed by atoms with Crippen LogP contribution in [-0.2, 0) is 4.43 Å². The predicted octanol–water partition coefficient (Wildman–Crippen LogP) is 7.94. The van der Waals surface area contributed by atoms with Crippen molar-refractivity contribution in [1.82, 2.24) is 0 Å². The molecule has 2 nitrogen and oxygen atoms in total. The fraction of sp³-hybridized carbons (Fsp3) is 0.520. The van der Waals surface area contributed by atoms with Crippen LogP contribution < -0.4 is 4.90 Å². The molecule has 0 N–H and O–H groups in total. The SMILES string of the molecule is CCN(CCCCCO[Si](C)(C)C(C)(C)C)c1ccc(/C=C/c2cccs2)cc1. The molecule has 0 bridgehead atoms. The van der Waals surface area contributed by atoms with Gasteiger partial charge in [-0.25, -0.2) is 0 Å². The summed E-state index contributed by atoms with van der Waals surface area (Å²) < 4.78 is 6.29. The number of hydrogen-bond acceptors (Lipinski definition) is 3. The number of benzene rings is 1. The van der Waals surface area contributed by atoms with Crippen molar-refractivity contribution >= 4 is 37.5 Å². The quantitative estimate of drug-likeness (QED) is 0.265. The lowest BCUT2D eigenvalue weighted by molar-refractivity contribution is 0.278. The van der Waals surface area contributed by atoms with Crippen LogP contribution in [0.5, 0.6) is 0 Å². The van der Waals surface area contributed by atoms with Crippen LogP contribution in [0.25, 0.3) is 12.2 Å². The summed E-state index contributed by atoms with van der Waals surface area (Å²) in [6.07, 6.45) is 7.98. The number of thiophene rings is 1. The second kappa shape index (κ2) is 11.1. The van der Waals surface area contributed by atoms with Gasteiger partial charge in [0.15, 0.2) is 8.32 Å². The van der Waals surface area contributed by atoms with Gasteiger partial charge in [-0.05, 0) is 79.5 Å². The minimum atomic E-state index is -1.59. The Kier molecular flexibility index (Phi) is 9.19. The minimum absolute atomic E-state index is 0.303.